The molecule has 96 valence electrons. The Balaban J connectivity index is 0.00000256. The molecule has 0 saturated heterocycles. The summed E-state index contributed by atoms with van der Waals surface area (Å²) in [7, 11) is 0. The molecule has 2 atom stereocenters. The molecule has 0 spiro atoms. The lowest BCUT2D eigenvalue weighted by Crippen LogP contribution is -2.34. The summed E-state index contributed by atoms with van der Waals surface area (Å²) in [6.45, 7) is 4.08. The molecule has 2 unspecified atom stereocenters. The molecule has 0 fully saturated rings. The van der Waals surface area contributed by atoms with Crippen LogP contribution >= 0.6 is 24.0 Å². The number of benzene rings is 1. The van der Waals surface area contributed by atoms with Crippen LogP contribution in [-0.4, -0.2) is 12.5 Å². The van der Waals surface area contributed by atoms with Crippen LogP contribution in [0.3, 0.4) is 0 Å². The van der Waals surface area contributed by atoms with Crippen molar-refractivity contribution in [1.82, 2.24) is 5.32 Å². The van der Waals surface area contributed by atoms with E-state index in [1.165, 1.54) is 0 Å². The fourth-order valence-corrected chi connectivity index (χ4v) is 1.52. The lowest BCUT2D eigenvalue weighted by Gasteiger charge is -2.17. The quantitative estimate of drug-likeness (QED) is 0.888. The molecule has 0 bridgehead atoms. The van der Waals surface area contributed by atoms with Crippen LogP contribution in [0.2, 0.25) is 5.02 Å². The first-order chi connectivity index (χ1) is 7.54. The molecule has 17 heavy (non-hydrogen) atoms. The van der Waals surface area contributed by atoms with Crippen molar-refractivity contribution in [2.45, 2.75) is 19.9 Å². The SMILES string of the molecule is CC(CN)C(=O)NC(C)c1cccc(Cl)c1.Cl. The van der Waals surface area contributed by atoms with Crippen molar-refractivity contribution in [3.05, 3.63) is 34.9 Å². The van der Waals surface area contributed by atoms with Gasteiger partial charge in [-0.3, -0.25) is 4.79 Å². The molecule has 1 amide bonds. The number of nitrogens with two attached hydrogens (primary N) is 1. The molecule has 1 aromatic rings. The molecule has 0 aliphatic heterocycles. The van der Waals surface area contributed by atoms with Crippen molar-refractivity contribution in [2.24, 2.45) is 11.7 Å². The summed E-state index contributed by atoms with van der Waals surface area (Å²) in [5.41, 5.74) is 6.42. The van der Waals surface area contributed by atoms with Crippen LogP contribution in [0, 0.1) is 5.92 Å². The van der Waals surface area contributed by atoms with Crippen LogP contribution < -0.4 is 11.1 Å². The van der Waals surface area contributed by atoms with E-state index in [9.17, 15) is 4.79 Å². The van der Waals surface area contributed by atoms with Crippen molar-refractivity contribution in [3.8, 4) is 0 Å². The fourth-order valence-electron chi connectivity index (χ4n) is 1.32. The second-order valence-electron chi connectivity index (χ2n) is 3.92. The zero-order valence-corrected chi connectivity index (χ0v) is 11.5. The summed E-state index contributed by atoms with van der Waals surface area (Å²) in [5, 5.41) is 3.57. The first-order valence-electron chi connectivity index (χ1n) is 5.30. The highest BCUT2D eigenvalue weighted by atomic mass is 35.5. The van der Waals surface area contributed by atoms with E-state index in [4.69, 9.17) is 17.3 Å². The van der Waals surface area contributed by atoms with Gasteiger partial charge in [-0.2, -0.15) is 0 Å². The van der Waals surface area contributed by atoms with Gasteiger partial charge in [0.05, 0.1) is 6.04 Å². The summed E-state index contributed by atoms with van der Waals surface area (Å²) < 4.78 is 0. The van der Waals surface area contributed by atoms with Gasteiger partial charge in [0.15, 0.2) is 0 Å². The zero-order valence-electron chi connectivity index (χ0n) is 9.94. The number of hydrogen-bond acceptors (Lipinski definition) is 2. The van der Waals surface area contributed by atoms with Crippen LogP contribution in [0.5, 0.6) is 0 Å². The van der Waals surface area contributed by atoms with Gasteiger partial charge >= 0.3 is 0 Å². The number of nitrogens with one attached hydrogen (secondary N) is 1. The molecule has 3 N–H and O–H groups in total. The van der Waals surface area contributed by atoms with E-state index in [0.717, 1.165) is 5.56 Å². The van der Waals surface area contributed by atoms with Gasteiger partial charge in [0.2, 0.25) is 5.91 Å². The van der Waals surface area contributed by atoms with E-state index < -0.39 is 0 Å². The average molecular weight is 277 g/mol. The zero-order chi connectivity index (χ0) is 12.1. The summed E-state index contributed by atoms with van der Waals surface area (Å²) in [4.78, 5) is 11.6. The molecule has 3 nitrogen and oxygen atoms in total. The third kappa shape index (κ3) is 4.94. The smallest absolute Gasteiger partial charge is 0.224 e. The highest BCUT2D eigenvalue weighted by Gasteiger charge is 2.14. The molecular formula is C12H18Cl2N2O. The molecule has 0 aromatic heterocycles. The Hall–Kier alpha value is -0.770. The molecule has 0 radical (unpaired) electrons. The maximum Gasteiger partial charge on any atom is 0.224 e. The molecule has 0 heterocycles. The van der Waals surface area contributed by atoms with Crippen molar-refractivity contribution in [1.29, 1.82) is 0 Å². The minimum atomic E-state index is -0.165. The van der Waals surface area contributed by atoms with Gasteiger partial charge in [-0.15, -0.1) is 12.4 Å². The van der Waals surface area contributed by atoms with Crippen LogP contribution in [0.15, 0.2) is 24.3 Å². The Morgan fingerprint density at radius 3 is 2.65 bits per heavy atom. The van der Waals surface area contributed by atoms with E-state index in [1.54, 1.807) is 6.92 Å². The van der Waals surface area contributed by atoms with E-state index in [-0.39, 0.29) is 30.3 Å². The van der Waals surface area contributed by atoms with E-state index in [0.29, 0.717) is 11.6 Å². The van der Waals surface area contributed by atoms with Gasteiger partial charge in [0.25, 0.3) is 0 Å². The second-order valence-corrected chi connectivity index (χ2v) is 4.36. The number of rotatable bonds is 4. The number of carbonyl (C=O) groups excluding carboxylic acids is 1. The molecule has 5 heteroatoms. The van der Waals surface area contributed by atoms with Crippen LogP contribution in [0.25, 0.3) is 0 Å². The van der Waals surface area contributed by atoms with Crippen molar-refractivity contribution in [2.75, 3.05) is 6.54 Å². The normalized spacial score (nSPS) is 13.4. The number of carbonyl (C=O) groups is 1. The third-order valence-electron chi connectivity index (χ3n) is 2.51. The van der Waals surface area contributed by atoms with E-state index in [2.05, 4.69) is 5.32 Å². The van der Waals surface area contributed by atoms with Gasteiger partial charge < -0.3 is 11.1 Å². The van der Waals surface area contributed by atoms with Crippen molar-refractivity contribution in [3.63, 3.8) is 0 Å². The minimum absolute atomic E-state index is 0. The molecule has 0 aliphatic carbocycles. The highest BCUT2D eigenvalue weighted by Crippen LogP contribution is 2.17. The Morgan fingerprint density at radius 1 is 1.47 bits per heavy atom. The fraction of sp³-hybridized carbons (Fsp3) is 0.417. The predicted molar refractivity (Wildman–Crippen MR) is 73.5 cm³/mol. The number of halogens is 2. The second kappa shape index (κ2) is 7.54. The van der Waals surface area contributed by atoms with Gasteiger partial charge in [-0.25, -0.2) is 0 Å². The van der Waals surface area contributed by atoms with E-state index >= 15 is 0 Å². The number of amides is 1. The average Bonchev–Trinajstić information content (AvgIpc) is 2.27. The minimum Gasteiger partial charge on any atom is -0.349 e. The lowest BCUT2D eigenvalue weighted by molar-refractivity contribution is -0.124. The third-order valence-corrected chi connectivity index (χ3v) is 2.74. The van der Waals surface area contributed by atoms with Gasteiger partial charge in [0, 0.05) is 17.5 Å². The molecule has 1 rings (SSSR count). The number of hydrogen-bond donors (Lipinski definition) is 2. The summed E-state index contributed by atoms with van der Waals surface area (Å²) in [6, 6.07) is 7.40. The Morgan fingerprint density at radius 2 is 2.12 bits per heavy atom. The predicted octanol–water partition coefficient (Wildman–Crippen LogP) is 2.53. The van der Waals surface area contributed by atoms with Crippen molar-refractivity contribution >= 4 is 29.9 Å². The maximum atomic E-state index is 11.6. The van der Waals surface area contributed by atoms with Gasteiger partial charge in [-0.1, -0.05) is 30.7 Å². The topological polar surface area (TPSA) is 55.1 Å². The van der Waals surface area contributed by atoms with E-state index in [1.807, 2.05) is 31.2 Å². The summed E-state index contributed by atoms with van der Waals surface area (Å²) in [6.07, 6.45) is 0. The Kier molecular flexibility index (Phi) is 7.19. The van der Waals surface area contributed by atoms with Crippen LogP contribution in [-0.2, 0) is 4.79 Å². The van der Waals surface area contributed by atoms with Crippen molar-refractivity contribution < 1.29 is 4.79 Å². The Bertz CT molecular complexity index is 371. The summed E-state index contributed by atoms with van der Waals surface area (Å²) in [5.74, 6) is -0.198. The maximum absolute atomic E-state index is 11.6. The first kappa shape index (κ1) is 16.2. The van der Waals surface area contributed by atoms with Gasteiger partial charge in [0.1, 0.15) is 0 Å². The first-order valence-corrected chi connectivity index (χ1v) is 5.68. The van der Waals surface area contributed by atoms with Crippen LogP contribution in [0.1, 0.15) is 25.5 Å². The monoisotopic (exact) mass is 276 g/mol. The molecule has 1 aromatic carbocycles. The molecular weight excluding hydrogens is 259 g/mol. The largest absolute Gasteiger partial charge is 0.349 e. The summed E-state index contributed by atoms with van der Waals surface area (Å²) >= 11 is 5.88. The lowest BCUT2D eigenvalue weighted by atomic mass is 10.1. The van der Waals surface area contributed by atoms with Crippen LogP contribution in [0.4, 0.5) is 0 Å². The molecule has 0 aliphatic rings. The highest BCUT2D eigenvalue weighted by molar-refractivity contribution is 6.30. The van der Waals surface area contributed by atoms with Gasteiger partial charge in [-0.05, 0) is 24.6 Å². The molecule has 0 saturated carbocycles. The standard InChI is InChI=1S/C12H17ClN2O.ClH/c1-8(7-14)12(16)15-9(2)10-4-3-5-11(13)6-10;/h3-6,8-9H,7,14H2,1-2H3,(H,15,16);1H. The Labute approximate surface area is 113 Å².